The van der Waals surface area contributed by atoms with Crippen LogP contribution in [0, 0.1) is 11.8 Å². The summed E-state index contributed by atoms with van der Waals surface area (Å²) in [6, 6.07) is 10.0. The van der Waals surface area contributed by atoms with Gasteiger partial charge in [0.05, 0.1) is 0 Å². The first kappa shape index (κ1) is 19.6. The van der Waals surface area contributed by atoms with Crippen molar-refractivity contribution in [2.24, 2.45) is 11.8 Å². The van der Waals surface area contributed by atoms with Crippen molar-refractivity contribution in [3.05, 3.63) is 36.2 Å². The second-order valence-electron chi connectivity index (χ2n) is 8.77. The van der Waals surface area contributed by atoms with Gasteiger partial charge in [-0.3, -0.25) is 0 Å². The van der Waals surface area contributed by atoms with Gasteiger partial charge >= 0.3 is 0 Å². The van der Waals surface area contributed by atoms with E-state index < -0.39 is 0 Å². The van der Waals surface area contributed by atoms with Crippen LogP contribution in [0.1, 0.15) is 44.9 Å². The maximum Gasteiger partial charge on any atom is 0.227 e. The standard InChI is InChI=1S/C23H34N4O/c1-19-11-15-27(16-12-19)18-20-7-5-13-26(17-20)14-6-10-22-24-23(25-28-22)21-8-3-2-4-9-21/h2-4,8-9,19-20H,5-7,10-18H2,1H3. The van der Waals surface area contributed by atoms with Crippen molar-refractivity contribution in [2.75, 3.05) is 39.3 Å². The number of aromatic nitrogens is 2. The Balaban J connectivity index is 1.19. The highest BCUT2D eigenvalue weighted by Crippen LogP contribution is 2.22. The number of rotatable bonds is 7. The highest BCUT2D eigenvalue weighted by molar-refractivity contribution is 5.53. The molecule has 1 aromatic carbocycles. The van der Waals surface area contributed by atoms with E-state index in [0.717, 1.165) is 42.7 Å². The van der Waals surface area contributed by atoms with Crippen molar-refractivity contribution < 1.29 is 4.52 Å². The van der Waals surface area contributed by atoms with E-state index in [1.807, 2.05) is 30.3 Å². The predicted octanol–water partition coefficient (Wildman–Crippen LogP) is 4.11. The highest BCUT2D eigenvalue weighted by Gasteiger charge is 2.24. The van der Waals surface area contributed by atoms with Crippen LogP contribution in [0.25, 0.3) is 11.4 Å². The molecule has 1 unspecified atom stereocenters. The summed E-state index contributed by atoms with van der Waals surface area (Å²) in [6.07, 6.45) is 7.45. The van der Waals surface area contributed by atoms with Crippen molar-refractivity contribution in [2.45, 2.75) is 45.4 Å². The summed E-state index contributed by atoms with van der Waals surface area (Å²) < 4.78 is 5.45. The van der Waals surface area contributed by atoms with Crippen LogP contribution in [0.3, 0.4) is 0 Å². The van der Waals surface area contributed by atoms with Crippen LogP contribution in [0.4, 0.5) is 0 Å². The Morgan fingerprint density at radius 1 is 1.04 bits per heavy atom. The average molecular weight is 383 g/mol. The van der Waals surface area contributed by atoms with Gasteiger partial charge in [0.1, 0.15) is 0 Å². The van der Waals surface area contributed by atoms with Gasteiger partial charge < -0.3 is 14.3 Å². The molecule has 2 aliphatic rings. The van der Waals surface area contributed by atoms with E-state index in [4.69, 9.17) is 4.52 Å². The summed E-state index contributed by atoms with van der Waals surface area (Å²) in [6.45, 7) is 9.94. The summed E-state index contributed by atoms with van der Waals surface area (Å²) in [4.78, 5) is 9.91. The van der Waals surface area contributed by atoms with Crippen molar-refractivity contribution in [3.8, 4) is 11.4 Å². The van der Waals surface area contributed by atoms with Crippen LogP contribution < -0.4 is 0 Å². The lowest BCUT2D eigenvalue weighted by atomic mass is 9.94. The summed E-state index contributed by atoms with van der Waals surface area (Å²) >= 11 is 0. The lowest BCUT2D eigenvalue weighted by molar-refractivity contribution is 0.111. The van der Waals surface area contributed by atoms with Crippen LogP contribution in [-0.4, -0.2) is 59.2 Å². The first-order valence-corrected chi connectivity index (χ1v) is 11.1. The van der Waals surface area contributed by atoms with Gasteiger partial charge in [-0.05, 0) is 70.1 Å². The van der Waals surface area contributed by atoms with E-state index in [1.165, 1.54) is 58.4 Å². The molecule has 0 aliphatic carbocycles. The molecule has 0 amide bonds. The largest absolute Gasteiger partial charge is 0.339 e. The van der Waals surface area contributed by atoms with Crippen LogP contribution in [0.5, 0.6) is 0 Å². The lowest BCUT2D eigenvalue weighted by Gasteiger charge is -2.37. The molecule has 0 spiro atoms. The molecule has 2 saturated heterocycles. The van der Waals surface area contributed by atoms with Gasteiger partial charge in [-0.1, -0.05) is 42.4 Å². The van der Waals surface area contributed by atoms with Crippen LogP contribution in [-0.2, 0) is 6.42 Å². The minimum atomic E-state index is 0.699. The zero-order valence-electron chi connectivity index (χ0n) is 17.2. The van der Waals surface area contributed by atoms with E-state index >= 15 is 0 Å². The van der Waals surface area contributed by atoms with E-state index in [2.05, 4.69) is 26.9 Å². The lowest BCUT2D eigenvalue weighted by Crippen LogP contribution is -2.43. The fraction of sp³-hybridized carbons (Fsp3) is 0.652. The number of piperidine rings is 2. The van der Waals surface area contributed by atoms with Crippen molar-refractivity contribution >= 4 is 0 Å². The number of nitrogens with zero attached hydrogens (tertiary/aromatic N) is 4. The van der Waals surface area contributed by atoms with E-state index in [0.29, 0.717) is 5.82 Å². The second-order valence-corrected chi connectivity index (χ2v) is 8.77. The van der Waals surface area contributed by atoms with Gasteiger partial charge in [0.15, 0.2) is 0 Å². The average Bonchev–Trinajstić information content (AvgIpc) is 3.20. The van der Waals surface area contributed by atoms with E-state index in [1.54, 1.807) is 0 Å². The van der Waals surface area contributed by atoms with E-state index in [9.17, 15) is 0 Å². The molecule has 2 aliphatic heterocycles. The topological polar surface area (TPSA) is 45.4 Å². The third kappa shape index (κ3) is 5.42. The number of aryl methyl sites for hydroxylation is 1. The summed E-state index contributed by atoms with van der Waals surface area (Å²) in [5, 5.41) is 4.13. The highest BCUT2D eigenvalue weighted by atomic mass is 16.5. The van der Waals surface area contributed by atoms with Crippen molar-refractivity contribution in [1.82, 2.24) is 19.9 Å². The fourth-order valence-corrected chi connectivity index (χ4v) is 4.63. The smallest absolute Gasteiger partial charge is 0.227 e. The maximum absolute atomic E-state index is 5.45. The minimum Gasteiger partial charge on any atom is -0.339 e. The van der Waals surface area contributed by atoms with E-state index in [-0.39, 0.29) is 0 Å². The molecule has 28 heavy (non-hydrogen) atoms. The molecule has 2 fully saturated rings. The zero-order valence-corrected chi connectivity index (χ0v) is 17.2. The Bertz CT molecular complexity index is 708. The molecule has 5 nitrogen and oxygen atoms in total. The normalized spacial score (nSPS) is 22.5. The summed E-state index contributed by atoms with van der Waals surface area (Å²) in [5.41, 5.74) is 1.02. The Morgan fingerprint density at radius 3 is 2.68 bits per heavy atom. The SMILES string of the molecule is CC1CCN(CC2CCCN(CCCc3nc(-c4ccccc4)no3)C2)CC1. The Kier molecular flexibility index (Phi) is 6.76. The quantitative estimate of drug-likeness (QED) is 0.721. The molecule has 4 rings (SSSR count). The van der Waals surface area contributed by atoms with Gasteiger partial charge in [0.25, 0.3) is 0 Å². The molecule has 5 heteroatoms. The summed E-state index contributed by atoms with van der Waals surface area (Å²) in [7, 11) is 0. The molecule has 0 radical (unpaired) electrons. The number of hydrogen-bond donors (Lipinski definition) is 0. The van der Waals surface area contributed by atoms with Gasteiger partial charge in [-0.25, -0.2) is 0 Å². The first-order valence-electron chi connectivity index (χ1n) is 11.1. The first-order chi connectivity index (χ1) is 13.8. The second kappa shape index (κ2) is 9.66. The third-order valence-corrected chi connectivity index (χ3v) is 6.36. The van der Waals surface area contributed by atoms with Gasteiger partial charge in [-0.15, -0.1) is 0 Å². The van der Waals surface area contributed by atoms with Crippen LogP contribution in [0.2, 0.25) is 0 Å². The Hall–Kier alpha value is -1.72. The molecule has 3 heterocycles. The molecular formula is C23H34N4O. The Labute approximate surface area is 169 Å². The number of likely N-dealkylation sites (tertiary alicyclic amines) is 2. The third-order valence-electron chi connectivity index (χ3n) is 6.36. The molecular weight excluding hydrogens is 348 g/mol. The van der Waals surface area contributed by atoms with Gasteiger partial charge in [-0.2, -0.15) is 4.98 Å². The molecule has 1 aromatic heterocycles. The Morgan fingerprint density at radius 2 is 1.86 bits per heavy atom. The molecule has 0 saturated carbocycles. The van der Waals surface area contributed by atoms with Crippen LogP contribution in [0.15, 0.2) is 34.9 Å². The van der Waals surface area contributed by atoms with Crippen LogP contribution >= 0.6 is 0 Å². The van der Waals surface area contributed by atoms with Gasteiger partial charge in [0, 0.05) is 25.1 Å². The molecule has 2 aromatic rings. The number of hydrogen-bond acceptors (Lipinski definition) is 5. The van der Waals surface area contributed by atoms with Crippen molar-refractivity contribution in [3.63, 3.8) is 0 Å². The van der Waals surface area contributed by atoms with Gasteiger partial charge in [0.2, 0.25) is 11.7 Å². The minimum absolute atomic E-state index is 0.699. The zero-order chi connectivity index (χ0) is 19.2. The molecule has 152 valence electrons. The maximum atomic E-state index is 5.45. The number of benzene rings is 1. The molecule has 0 bridgehead atoms. The van der Waals surface area contributed by atoms with Crippen molar-refractivity contribution in [1.29, 1.82) is 0 Å². The fourth-order valence-electron chi connectivity index (χ4n) is 4.63. The predicted molar refractivity (Wildman–Crippen MR) is 112 cm³/mol. The monoisotopic (exact) mass is 382 g/mol. The molecule has 1 atom stereocenters. The summed E-state index contributed by atoms with van der Waals surface area (Å²) in [5.74, 6) is 3.22. The molecule has 0 N–H and O–H groups in total.